The van der Waals surface area contributed by atoms with Crippen LogP contribution in [-0.4, -0.2) is 54.3 Å². The van der Waals surface area contributed by atoms with Crippen molar-refractivity contribution >= 4 is 11.8 Å². The second-order valence-electron chi connectivity index (χ2n) is 7.05. The summed E-state index contributed by atoms with van der Waals surface area (Å²) in [6.45, 7) is 6.68. The molecule has 0 radical (unpaired) electrons. The maximum atomic E-state index is 6.24. The van der Waals surface area contributed by atoms with Gasteiger partial charge in [-0.2, -0.15) is 11.8 Å². The highest BCUT2D eigenvalue weighted by Gasteiger charge is 2.41. The molecule has 0 bridgehead atoms. The van der Waals surface area contributed by atoms with Gasteiger partial charge in [-0.25, -0.2) is 0 Å². The van der Waals surface area contributed by atoms with E-state index in [0.717, 1.165) is 25.1 Å². The van der Waals surface area contributed by atoms with Gasteiger partial charge < -0.3 is 10.5 Å². The highest BCUT2D eigenvalue weighted by atomic mass is 32.2. The van der Waals surface area contributed by atoms with Crippen molar-refractivity contribution in [3.05, 3.63) is 0 Å². The topological polar surface area (TPSA) is 38.5 Å². The van der Waals surface area contributed by atoms with Gasteiger partial charge in [0.1, 0.15) is 0 Å². The fourth-order valence-corrected chi connectivity index (χ4v) is 5.46. The molecule has 3 atom stereocenters. The molecule has 3 nitrogen and oxygen atoms in total. The van der Waals surface area contributed by atoms with Crippen LogP contribution in [0.4, 0.5) is 0 Å². The number of piperidine rings is 1. The predicted molar refractivity (Wildman–Crippen MR) is 86.2 cm³/mol. The van der Waals surface area contributed by atoms with Crippen LogP contribution in [0.15, 0.2) is 0 Å². The first-order chi connectivity index (χ1) is 9.72. The first kappa shape index (κ1) is 15.1. The van der Waals surface area contributed by atoms with Crippen molar-refractivity contribution < 1.29 is 4.74 Å². The predicted octanol–water partition coefficient (Wildman–Crippen LogP) is 2.35. The highest BCUT2D eigenvalue weighted by molar-refractivity contribution is 7.99. The zero-order valence-corrected chi connectivity index (χ0v) is 13.7. The van der Waals surface area contributed by atoms with E-state index in [1.165, 1.54) is 56.7 Å². The van der Waals surface area contributed by atoms with Crippen molar-refractivity contribution in [1.29, 1.82) is 0 Å². The molecule has 0 aromatic carbocycles. The van der Waals surface area contributed by atoms with E-state index in [1.807, 2.05) is 0 Å². The molecular weight excluding hydrogens is 268 g/mol. The Kier molecular flexibility index (Phi) is 4.96. The molecule has 0 aromatic rings. The van der Waals surface area contributed by atoms with Crippen LogP contribution in [-0.2, 0) is 4.74 Å². The third kappa shape index (κ3) is 3.18. The van der Waals surface area contributed by atoms with Gasteiger partial charge >= 0.3 is 0 Å². The van der Waals surface area contributed by atoms with E-state index in [-0.39, 0.29) is 5.60 Å². The van der Waals surface area contributed by atoms with Crippen molar-refractivity contribution in [1.82, 2.24) is 4.90 Å². The second-order valence-corrected chi connectivity index (χ2v) is 8.27. The Balaban J connectivity index is 1.61. The molecule has 3 saturated heterocycles. The summed E-state index contributed by atoms with van der Waals surface area (Å²) in [4.78, 5) is 2.74. The van der Waals surface area contributed by atoms with Gasteiger partial charge in [0.15, 0.2) is 0 Å². The van der Waals surface area contributed by atoms with Gasteiger partial charge in [-0.15, -0.1) is 0 Å². The molecule has 3 fully saturated rings. The summed E-state index contributed by atoms with van der Waals surface area (Å²) in [5.41, 5.74) is 6.19. The fourth-order valence-electron chi connectivity index (χ4n) is 4.22. The van der Waals surface area contributed by atoms with Gasteiger partial charge in [-0.1, -0.05) is 6.92 Å². The Labute approximate surface area is 128 Å². The van der Waals surface area contributed by atoms with E-state index in [2.05, 4.69) is 23.6 Å². The summed E-state index contributed by atoms with van der Waals surface area (Å²) in [5.74, 6) is 4.07. The lowest BCUT2D eigenvalue weighted by atomic mass is 9.81. The van der Waals surface area contributed by atoms with E-state index in [0.29, 0.717) is 5.92 Å². The molecular formula is C16H30N2OS. The maximum Gasteiger partial charge on any atom is 0.0713 e. The SMILES string of the molecule is CC1CCN(C2CCOC3(CCSCC3)C2)CC1CN. The van der Waals surface area contributed by atoms with Crippen LogP contribution in [0.1, 0.15) is 39.0 Å². The quantitative estimate of drug-likeness (QED) is 0.849. The number of rotatable bonds is 2. The average molecular weight is 298 g/mol. The normalized spacial score (nSPS) is 39.0. The van der Waals surface area contributed by atoms with Crippen molar-refractivity contribution in [2.45, 2.75) is 50.7 Å². The molecule has 3 unspecified atom stereocenters. The molecule has 3 aliphatic heterocycles. The Morgan fingerprint density at radius 1 is 1.30 bits per heavy atom. The molecule has 116 valence electrons. The molecule has 4 heteroatoms. The van der Waals surface area contributed by atoms with Crippen molar-refractivity contribution in [3.63, 3.8) is 0 Å². The lowest BCUT2D eigenvalue weighted by Crippen LogP contribution is -2.54. The van der Waals surface area contributed by atoms with Gasteiger partial charge in [0.25, 0.3) is 0 Å². The Morgan fingerprint density at radius 2 is 2.10 bits per heavy atom. The summed E-state index contributed by atoms with van der Waals surface area (Å²) in [6.07, 6.45) is 6.33. The first-order valence-corrected chi connectivity index (χ1v) is 9.54. The van der Waals surface area contributed by atoms with Crippen LogP contribution in [0, 0.1) is 11.8 Å². The van der Waals surface area contributed by atoms with Crippen molar-refractivity contribution in [2.75, 3.05) is 37.7 Å². The van der Waals surface area contributed by atoms with Gasteiger partial charge in [-0.05, 0) is 68.5 Å². The molecule has 3 heterocycles. The zero-order chi connectivity index (χ0) is 14.0. The van der Waals surface area contributed by atoms with Crippen molar-refractivity contribution in [3.8, 4) is 0 Å². The summed E-state index contributed by atoms with van der Waals surface area (Å²) in [6, 6.07) is 0.744. The summed E-state index contributed by atoms with van der Waals surface area (Å²) >= 11 is 2.09. The fraction of sp³-hybridized carbons (Fsp3) is 1.00. The number of nitrogens with zero attached hydrogens (tertiary/aromatic N) is 1. The molecule has 0 aliphatic carbocycles. The number of likely N-dealkylation sites (tertiary alicyclic amines) is 1. The third-order valence-corrected chi connectivity index (χ3v) is 6.82. The molecule has 3 rings (SSSR count). The van der Waals surface area contributed by atoms with Crippen LogP contribution in [0.2, 0.25) is 0 Å². The van der Waals surface area contributed by atoms with E-state index in [4.69, 9.17) is 10.5 Å². The maximum absolute atomic E-state index is 6.24. The second kappa shape index (κ2) is 6.55. The van der Waals surface area contributed by atoms with Crippen LogP contribution < -0.4 is 5.73 Å². The Bertz CT molecular complexity index is 314. The van der Waals surface area contributed by atoms with Gasteiger partial charge in [0.05, 0.1) is 5.60 Å². The molecule has 3 aliphatic rings. The van der Waals surface area contributed by atoms with Crippen molar-refractivity contribution in [2.24, 2.45) is 17.6 Å². The van der Waals surface area contributed by atoms with Crippen LogP contribution in [0.5, 0.6) is 0 Å². The molecule has 2 N–H and O–H groups in total. The summed E-state index contributed by atoms with van der Waals surface area (Å²) < 4.78 is 6.24. The van der Waals surface area contributed by atoms with Gasteiger partial charge in [0, 0.05) is 19.2 Å². The molecule has 0 saturated carbocycles. The molecule has 0 aromatic heterocycles. The van der Waals surface area contributed by atoms with E-state index >= 15 is 0 Å². The summed E-state index contributed by atoms with van der Waals surface area (Å²) in [7, 11) is 0. The number of nitrogens with two attached hydrogens (primary N) is 1. The monoisotopic (exact) mass is 298 g/mol. The first-order valence-electron chi connectivity index (χ1n) is 8.38. The Hall–Kier alpha value is 0.230. The lowest BCUT2D eigenvalue weighted by molar-refractivity contribution is -0.115. The van der Waals surface area contributed by atoms with Crippen LogP contribution in [0.3, 0.4) is 0 Å². The third-order valence-electron chi connectivity index (χ3n) is 5.84. The smallest absolute Gasteiger partial charge is 0.0713 e. The largest absolute Gasteiger partial charge is 0.375 e. The number of ether oxygens (including phenoxy) is 1. The minimum Gasteiger partial charge on any atom is -0.375 e. The lowest BCUT2D eigenvalue weighted by Gasteiger charge is -2.49. The van der Waals surface area contributed by atoms with Gasteiger partial charge in [0.2, 0.25) is 0 Å². The van der Waals surface area contributed by atoms with Crippen LogP contribution in [0.25, 0.3) is 0 Å². The van der Waals surface area contributed by atoms with E-state index in [1.54, 1.807) is 0 Å². The minimum atomic E-state index is 0.218. The molecule has 20 heavy (non-hydrogen) atoms. The van der Waals surface area contributed by atoms with E-state index in [9.17, 15) is 0 Å². The standard InChI is InChI=1S/C16H30N2OS/c1-13-2-6-18(12-14(13)11-17)15-3-7-19-16(10-15)4-8-20-9-5-16/h13-15H,2-12,17H2,1H3. The summed E-state index contributed by atoms with van der Waals surface area (Å²) in [5, 5.41) is 0. The average Bonchev–Trinajstić information content (AvgIpc) is 2.48. The minimum absolute atomic E-state index is 0.218. The van der Waals surface area contributed by atoms with Gasteiger partial charge in [-0.3, -0.25) is 4.90 Å². The van der Waals surface area contributed by atoms with Crippen LogP contribution >= 0.6 is 11.8 Å². The number of hydrogen-bond acceptors (Lipinski definition) is 4. The van der Waals surface area contributed by atoms with E-state index < -0.39 is 0 Å². The number of thioether (sulfide) groups is 1. The number of hydrogen-bond donors (Lipinski definition) is 1. The Morgan fingerprint density at radius 3 is 2.85 bits per heavy atom. The zero-order valence-electron chi connectivity index (χ0n) is 12.9. The molecule has 0 amide bonds. The molecule has 1 spiro atoms. The highest BCUT2D eigenvalue weighted by Crippen LogP contribution is 2.39.